The Morgan fingerprint density at radius 3 is 2.33 bits per heavy atom. The molecule has 0 heterocycles. The van der Waals surface area contributed by atoms with Crippen molar-refractivity contribution < 1.29 is 14.3 Å². The predicted molar refractivity (Wildman–Crippen MR) is 124 cm³/mol. The Hall–Kier alpha value is -2.04. The minimum absolute atomic E-state index is 0.170. The van der Waals surface area contributed by atoms with E-state index in [0.29, 0.717) is 0 Å². The number of hydrogen-bond acceptors (Lipinski definition) is 4. The average molecular weight is 432 g/mol. The first kappa shape index (κ1) is 24.2. The second-order valence-corrected chi connectivity index (χ2v) is 8.49. The second-order valence-electron chi connectivity index (χ2n) is 8.05. The van der Waals surface area contributed by atoms with Crippen LogP contribution in [0.15, 0.2) is 36.4 Å². The van der Waals surface area contributed by atoms with Crippen LogP contribution in [0.25, 0.3) is 0 Å². The molecule has 164 valence electrons. The molecular weight excluding hydrogens is 398 g/mol. The minimum atomic E-state index is -0.170. The first-order valence-corrected chi connectivity index (χ1v) is 10.9. The summed E-state index contributed by atoms with van der Waals surface area (Å²) >= 11 is 5.95. The SMILES string of the molecule is COc1cc(OC)c(C(C)C)c(C(C=O)CCCN(C)CCc2ccc(Cl)cc2)c1. The van der Waals surface area contributed by atoms with Crippen LogP contribution in [0.1, 0.15) is 55.2 Å². The third kappa shape index (κ3) is 6.75. The maximum Gasteiger partial charge on any atom is 0.127 e. The molecule has 0 N–H and O–H groups in total. The van der Waals surface area contributed by atoms with Gasteiger partial charge in [0.15, 0.2) is 0 Å². The van der Waals surface area contributed by atoms with Crippen LogP contribution in [0, 0.1) is 0 Å². The van der Waals surface area contributed by atoms with Crippen molar-refractivity contribution in [1.82, 2.24) is 4.90 Å². The van der Waals surface area contributed by atoms with Crippen LogP contribution in [-0.2, 0) is 11.2 Å². The molecule has 0 bridgehead atoms. The highest BCUT2D eigenvalue weighted by molar-refractivity contribution is 6.30. The molecule has 0 aliphatic carbocycles. The van der Waals surface area contributed by atoms with E-state index in [0.717, 1.165) is 66.3 Å². The smallest absolute Gasteiger partial charge is 0.127 e. The maximum atomic E-state index is 12.0. The molecule has 0 aliphatic heterocycles. The summed E-state index contributed by atoms with van der Waals surface area (Å²) in [7, 11) is 5.43. The van der Waals surface area contributed by atoms with Gasteiger partial charge in [-0.15, -0.1) is 0 Å². The number of aldehydes is 1. The van der Waals surface area contributed by atoms with E-state index in [4.69, 9.17) is 21.1 Å². The fourth-order valence-electron chi connectivity index (χ4n) is 3.79. The number of hydrogen-bond donors (Lipinski definition) is 0. The van der Waals surface area contributed by atoms with Crippen molar-refractivity contribution in [1.29, 1.82) is 0 Å². The molecule has 0 saturated heterocycles. The van der Waals surface area contributed by atoms with Gasteiger partial charge >= 0.3 is 0 Å². The Balaban J connectivity index is 1.99. The van der Waals surface area contributed by atoms with Crippen molar-refractivity contribution in [3.8, 4) is 11.5 Å². The molecule has 5 heteroatoms. The third-order valence-electron chi connectivity index (χ3n) is 5.49. The highest BCUT2D eigenvalue weighted by Crippen LogP contribution is 2.38. The van der Waals surface area contributed by atoms with E-state index < -0.39 is 0 Å². The summed E-state index contributed by atoms with van der Waals surface area (Å²) in [4.78, 5) is 14.3. The minimum Gasteiger partial charge on any atom is -0.497 e. The van der Waals surface area contributed by atoms with Crippen LogP contribution in [0.4, 0.5) is 0 Å². The Bertz CT molecular complexity index is 805. The topological polar surface area (TPSA) is 38.8 Å². The lowest BCUT2D eigenvalue weighted by Crippen LogP contribution is -2.23. The van der Waals surface area contributed by atoms with E-state index in [9.17, 15) is 4.79 Å². The Labute approximate surface area is 186 Å². The molecule has 0 amide bonds. The Kier molecular flexibility index (Phi) is 9.67. The van der Waals surface area contributed by atoms with Gasteiger partial charge in [-0.3, -0.25) is 0 Å². The molecule has 0 fully saturated rings. The van der Waals surface area contributed by atoms with E-state index >= 15 is 0 Å². The normalized spacial score (nSPS) is 12.3. The number of carbonyl (C=O) groups is 1. The van der Waals surface area contributed by atoms with Gasteiger partial charge in [0.05, 0.1) is 14.2 Å². The summed E-state index contributed by atoms with van der Waals surface area (Å²) in [5.41, 5.74) is 3.38. The van der Waals surface area contributed by atoms with E-state index in [1.54, 1.807) is 14.2 Å². The molecular formula is C25H34ClNO3. The molecule has 0 aliphatic rings. The quantitative estimate of drug-likeness (QED) is 0.403. The molecule has 0 radical (unpaired) electrons. The molecule has 0 aromatic heterocycles. The van der Waals surface area contributed by atoms with Crippen LogP contribution in [0.5, 0.6) is 11.5 Å². The first-order chi connectivity index (χ1) is 14.4. The summed E-state index contributed by atoms with van der Waals surface area (Å²) in [5, 5.41) is 0.766. The lowest BCUT2D eigenvalue weighted by atomic mass is 9.86. The summed E-state index contributed by atoms with van der Waals surface area (Å²) < 4.78 is 11.0. The van der Waals surface area contributed by atoms with E-state index in [1.165, 1.54) is 5.56 Å². The zero-order valence-corrected chi connectivity index (χ0v) is 19.5. The number of rotatable bonds is 12. The molecule has 2 aromatic rings. The van der Waals surface area contributed by atoms with Crippen LogP contribution in [-0.4, -0.2) is 45.5 Å². The molecule has 1 atom stereocenters. The van der Waals surface area contributed by atoms with Crippen molar-refractivity contribution >= 4 is 17.9 Å². The predicted octanol–water partition coefficient (Wildman–Crippen LogP) is 5.72. The van der Waals surface area contributed by atoms with Gasteiger partial charge in [-0.25, -0.2) is 0 Å². The largest absolute Gasteiger partial charge is 0.497 e. The molecule has 30 heavy (non-hydrogen) atoms. The molecule has 2 rings (SSSR count). The van der Waals surface area contributed by atoms with E-state index in [-0.39, 0.29) is 11.8 Å². The highest BCUT2D eigenvalue weighted by Gasteiger charge is 2.22. The van der Waals surface area contributed by atoms with Gasteiger partial charge in [0, 0.05) is 29.1 Å². The monoisotopic (exact) mass is 431 g/mol. The van der Waals surface area contributed by atoms with Gasteiger partial charge in [0.1, 0.15) is 17.8 Å². The standard InChI is InChI=1S/C25H34ClNO3/c1-18(2)25-23(15-22(29-4)16-24(25)30-5)20(17-28)7-6-13-27(3)14-12-19-8-10-21(26)11-9-19/h8-11,15-18,20H,6-7,12-14H2,1-5H3. The van der Waals surface area contributed by atoms with E-state index in [1.807, 2.05) is 24.3 Å². The van der Waals surface area contributed by atoms with Crippen molar-refractivity contribution in [3.63, 3.8) is 0 Å². The summed E-state index contributed by atoms with van der Waals surface area (Å²) in [6.45, 7) is 6.16. The van der Waals surface area contributed by atoms with Crippen LogP contribution in [0.2, 0.25) is 5.02 Å². The van der Waals surface area contributed by atoms with Crippen molar-refractivity contribution in [2.45, 2.75) is 44.9 Å². The fourth-order valence-corrected chi connectivity index (χ4v) is 3.92. The summed E-state index contributed by atoms with van der Waals surface area (Å²) in [6.07, 6.45) is 3.78. The number of carbonyl (C=O) groups excluding carboxylic acids is 1. The van der Waals surface area contributed by atoms with Gasteiger partial charge in [-0.05, 0) is 68.1 Å². The van der Waals surface area contributed by atoms with Crippen LogP contribution in [0.3, 0.4) is 0 Å². The lowest BCUT2D eigenvalue weighted by molar-refractivity contribution is -0.109. The van der Waals surface area contributed by atoms with Gasteiger partial charge in [0.25, 0.3) is 0 Å². The number of methoxy groups -OCH3 is 2. The first-order valence-electron chi connectivity index (χ1n) is 10.5. The second kappa shape index (κ2) is 12.0. The molecule has 0 spiro atoms. The number of benzene rings is 2. The number of ether oxygens (including phenoxy) is 2. The Morgan fingerprint density at radius 2 is 1.77 bits per heavy atom. The summed E-state index contributed by atoms with van der Waals surface area (Å²) in [5.74, 6) is 1.59. The lowest BCUT2D eigenvalue weighted by Gasteiger charge is -2.23. The van der Waals surface area contributed by atoms with Crippen molar-refractivity contribution in [2.75, 3.05) is 34.4 Å². The number of halogens is 1. The van der Waals surface area contributed by atoms with Crippen molar-refractivity contribution in [3.05, 3.63) is 58.1 Å². The van der Waals surface area contributed by atoms with Gasteiger partial charge < -0.3 is 19.2 Å². The molecule has 0 saturated carbocycles. The highest BCUT2D eigenvalue weighted by atomic mass is 35.5. The molecule has 1 unspecified atom stereocenters. The maximum absolute atomic E-state index is 12.0. The van der Waals surface area contributed by atoms with Crippen LogP contribution >= 0.6 is 11.6 Å². The molecule has 4 nitrogen and oxygen atoms in total. The summed E-state index contributed by atoms with van der Waals surface area (Å²) in [6, 6.07) is 11.9. The number of nitrogens with zero attached hydrogens (tertiary/aromatic N) is 1. The van der Waals surface area contributed by atoms with E-state index in [2.05, 4.69) is 37.9 Å². The third-order valence-corrected chi connectivity index (χ3v) is 5.75. The average Bonchev–Trinajstić information content (AvgIpc) is 2.75. The zero-order chi connectivity index (χ0) is 22.1. The van der Waals surface area contributed by atoms with Gasteiger partial charge in [-0.1, -0.05) is 37.6 Å². The zero-order valence-electron chi connectivity index (χ0n) is 18.8. The van der Waals surface area contributed by atoms with Gasteiger partial charge in [0.2, 0.25) is 0 Å². The van der Waals surface area contributed by atoms with Gasteiger partial charge in [-0.2, -0.15) is 0 Å². The van der Waals surface area contributed by atoms with Crippen LogP contribution < -0.4 is 9.47 Å². The molecule has 2 aromatic carbocycles. The fraction of sp³-hybridized carbons (Fsp3) is 0.480. The number of likely N-dealkylation sites (N-methyl/N-ethyl adjacent to an activating group) is 1. The van der Waals surface area contributed by atoms with Crippen molar-refractivity contribution in [2.24, 2.45) is 0 Å². The Morgan fingerprint density at radius 1 is 1.07 bits per heavy atom.